The molecular formula is C17H24N2O. The molecule has 1 N–H and O–H groups in total. The van der Waals surface area contributed by atoms with Crippen LogP contribution in [0.1, 0.15) is 27.2 Å². The van der Waals surface area contributed by atoms with E-state index in [1.165, 1.54) is 0 Å². The van der Waals surface area contributed by atoms with Crippen molar-refractivity contribution in [1.29, 1.82) is 0 Å². The molecule has 0 radical (unpaired) electrons. The lowest BCUT2D eigenvalue weighted by atomic mass is 9.95. The molecule has 0 atom stereocenters. The highest BCUT2D eigenvalue weighted by molar-refractivity contribution is 5.79. The van der Waals surface area contributed by atoms with E-state index in [-0.39, 0.29) is 5.41 Å². The first kappa shape index (κ1) is 14.8. The summed E-state index contributed by atoms with van der Waals surface area (Å²) in [5.41, 5.74) is 1.10. The summed E-state index contributed by atoms with van der Waals surface area (Å²) in [4.78, 5) is 4.35. The lowest BCUT2D eigenvalue weighted by Gasteiger charge is -2.25. The van der Waals surface area contributed by atoms with Crippen molar-refractivity contribution < 1.29 is 4.74 Å². The number of hydrogen-bond donors (Lipinski definition) is 1. The molecule has 0 saturated carbocycles. The summed E-state index contributed by atoms with van der Waals surface area (Å²) in [6.07, 6.45) is 2.97. The largest absolute Gasteiger partial charge is 0.493 e. The fourth-order valence-electron chi connectivity index (χ4n) is 2.07. The molecule has 1 aromatic carbocycles. The monoisotopic (exact) mass is 272 g/mol. The van der Waals surface area contributed by atoms with Gasteiger partial charge in [-0.05, 0) is 31.2 Å². The highest BCUT2D eigenvalue weighted by Crippen LogP contribution is 2.21. The molecular weight excluding hydrogens is 248 g/mol. The first-order valence-electron chi connectivity index (χ1n) is 7.29. The standard InChI is InChI=1S/C17H24N2O/c1-4-9-18-12-17(2,3)13-20-15-8-7-14-6-5-10-19-16(14)11-15/h5-8,10-11,18H,4,9,12-13H2,1-3H3. The fraction of sp³-hybridized carbons (Fsp3) is 0.471. The van der Waals surface area contributed by atoms with Gasteiger partial charge in [0.1, 0.15) is 5.75 Å². The quantitative estimate of drug-likeness (QED) is 0.781. The molecule has 0 bridgehead atoms. The molecule has 3 heteroatoms. The first-order chi connectivity index (χ1) is 9.61. The molecule has 108 valence electrons. The smallest absolute Gasteiger partial charge is 0.121 e. The summed E-state index contributed by atoms with van der Waals surface area (Å²) < 4.78 is 5.93. The summed E-state index contributed by atoms with van der Waals surface area (Å²) in [5.74, 6) is 0.889. The Morgan fingerprint density at radius 2 is 2.10 bits per heavy atom. The van der Waals surface area contributed by atoms with Crippen LogP contribution < -0.4 is 10.1 Å². The van der Waals surface area contributed by atoms with Crippen molar-refractivity contribution in [2.24, 2.45) is 5.41 Å². The van der Waals surface area contributed by atoms with Crippen molar-refractivity contribution in [2.45, 2.75) is 27.2 Å². The topological polar surface area (TPSA) is 34.1 Å². The summed E-state index contributed by atoms with van der Waals surface area (Å²) in [6, 6.07) is 10.1. The van der Waals surface area contributed by atoms with Gasteiger partial charge in [0.2, 0.25) is 0 Å². The van der Waals surface area contributed by atoms with E-state index >= 15 is 0 Å². The summed E-state index contributed by atoms with van der Waals surface area (Å²) >= 11 is 0. The molecule has 1 aromatic heterocycles. The Morgan fingerprint density at radius 1 is 1.25 bits per heavy atom. The van der Waals surface area contributed by atoms with Gasteiger partial charge < -0.3 is 10.1 Å². The minimum atomic E-state index is 0.119. The van der Waals surface area contributed by atoms with Gasteiger partial charge >= 0.3 is 0 Å². The van der Waals surface area contributed by atoms with Crippen LogP contribution in [0.3, 0.4) is 0 Å². The molecule has 20 heavy (non-hydrogen) atoms. The van der Waals surface area contributed by atoms with Crippen LogP contribution in [0.2, 0.25) is 0 Å². The van der Waals surface area contributed by atoms with Crippen molar-refractivity contribution in [2.75, 3.05) is 19.7 Å². The highest BCUT2D eigenvalue weighted by atomic mass is 16.5. The minimum Gasteiger partial charge on any atom is -0.493 e. The predicted octanol–water partition coefficient (Wildman–Crippen LogP) is 3.64. The molecule has 0 spiro atoms. The van der Waals surface area contributed by atoms with Crippen molar-refractivity contribution in [3.8, 4) is 5.75 Å². The number of nitrogens with one attached hydrogen (secondary N) is 1. The van der Waals surface area contributed by atoms with Gasteiger partial charge in [-0.1, -0.05) is 26.8 Å². The maximum atomic E-state index is 5.93. The highest BCUT2D eigenvalue weighted by Gasteiger charge is 2.18. The Labute approximate surface area is 121 Å². The number of aromatic nitrogens is 1. The average molecular weight is 272 g/mol. The number of rotatable bonds is 7. The molecule has 3 nitrogen and oxygen atoms in total. The van der Waals surface area contributed by atoms with E-state index in [9.17, 15) is 0 Å². The lowest BCUT2D eigenvalue weighted by Crippen LogP contribution is -2.34. The average Bonchev–Trinajstić information content (AvgIpc) is 2.45. The van der Waals surface area contributed by atoms with E-state index in [4.69, 9.17) is 4.74 Å². The number of ether oxygens (including phenoxy) is 1. The van der Waals surface area contributed by atoms with Crippen molar-refractivity contribution in [3.63, 3.8) is 0 Å². The normalized spacial score (nSPS) is 11.8. The van der Waals surface area contributed by atoms with Crippen LogP contribution in [-0.2, 0) is 0 Å². The van der Waals surface area contributed by atoms with Crippen LogP contribution >= 0.6 is 0 Å². The van der Waals surface area contributed by atoms with Crippen LogP contribution in [0.5, 0.6) is 5.75 Å². The number of nitrogens with zero attached hydrogens (tertiary/aromatic N) is 1. The van der Waals surface area contributed by atoms with Crippen LogP contribution in [0.4, 0.5) is 0 Å². The Hall–Kier alpha value is -1.61. The second-order valence-corrected chi connectivity index (χ2v) is 5.99. The molecule has 0 aliphatic rings. The zero-order valence-corrected chi connectivity index (χ0v) is 12.6. The van der Waals surface area contributed by atoms with Crippen molar-refractivity contribution >= 4 is 10.9 Å². The number of hydrogen-bond acceptors (Lipinski definition) is 3. The van der Waals surface area contributed by atoms with Crippen molar-refractivity contribution in [1.82, 2.24) is 10.3 Å². The zero-order valence-electron chi connectivity index (χ0n) is 12.6. The molecule has 0 fully saturated rings. The van der Waals surface area contributed by atoms with E-state index in [0.29, 0.717) is 6.61 Å². The summed E-state index contributed by atoms with van der Waals surface area (Å²) in [6.45, 7) is 9.33. The van der Waals surface area contributed by atoms with Gasteiger partial charge in [-0.15, -0.1) is 0 Å². The fourth-order valence-corrected chi connectivity index (χ4v) is 2.07. The van der Waals surface area contributed by atoms with Gasteiger partial charge in [-0.3, -0.25) is 4.98 Å². The Kier molecular flexibility index (Phi) is 4.96. The Bertz CT molecular complexity index is 551. The van der Waals surface area contributed by atoms with E-state index in [1.807, 2.05) is 24.4 Å². The van der Waals surface area contributed by atoms with Gasteiger partial charge in [0.25, 0.3) is 0 Å². The molecule has 0 aliphatic carbocycles. The maximum Gasteiger partial charge on any atom is 0.121 e. The van der Waals surface area contributed by atoms with Gasteiger partial charge in [-0.25, -0.2) is 0 Å². The number of fused-ring (bicyclic) bond motifs is 1. The van der Waals surface area contributed by atoms with Crippen molar-refractivity contribution in [3.05, 3.63) is 36.5 Å². The lowest BCUT2D eigenvalue weighted by molar-refractivity contribution is 0.177. The molecule has 2 aromatic rings. The molecule has 0 amide bonds. The number of benzene rings is 1. The zero-order chi connectivity index (χ0) is 14.4. The second kappa shape index (κ2) is 6.71. The maximum absolute atomic E-state index is 5.93. The van der Waals surface area contributed by atoms with Crippen LogP contribution in [-0.4, -0.2) is 24.7 Å². The summed E-state index contributed by atoms with van der Waals surface area (Å²) in [7, 11) is 0. The minimum absolute atomic E-state index is 0.119. The van der Waals surface area contributed by atoms with Gasteiger partial charge in [0.05, 0.1) is 12.1 Å². The third-order valence-electron chi connectivity index (χ3n) is 3.24. The van der Waals surface area contributed by atoms with Gasteiger partial charge in [0.15, 0.2) is 0 Å². The van der Waals surface area contributed by atoms with E-state index in [0.717, 1.165) is 36.2 Å². The van der Waals surface area contributed by atoms with Crippen LogP contribution in [0.25, 0.3) is 10.9 Å². The van der Waals surface area contributed by atoms with Gasteiger partial charge in [-0.2, -0.15) is 0 Å². The van der Waals surface area contributed by atoms with E-state index in [2.05, 4.69) is 43.2 Å². The Balaban J connectivity index is 1.94. The molecule has 0 saturated heterocycles. The third-order valence-corrected chi connectivity index (χ3v) is 3.24. The summed E-state index contributed by atoms with van der Waals surface area (Å²) in [5, 5.41) is 4.59. The van der Waals surface area contributed by atoms with Gasteiger partial charge in [0, 0.05) is 29.6 Å². The van der Waals surface area contributed by atoms with Crippen LogP contribution in [0, 0.1) is 5.41 Å². The van der Waals surface area contributed by atoms with E-state index < -0.39 is 0 Å². The predicted molar refractivity (Wildman–Crippen MR) is 84.2 cm³/mol. The first-order valence-corrected chi connectivity index (χ1v) is 7.29. The SMILES string of the molecule is CCCNCC(C)(C)COc1ccc2cccnc2c1. The third kappa shape index (κ3) is 4.20. The van der Waals surface area contributed by atoms with E-state index in [1.54, 1.807) is 0 Å². The molecule has 2 rings (SSSR count). The molecule has 0 aliphatic heterocycles. The number of pyridine rings is 1. The van der Waals surface area contributed by atoms with Crippen LogP contribution in [0.15, 0.2) is 36.5 Å². The molecule has 1 heterocycles. The Morgan fingerprint density at radius 3 is 2.90 bits per heavy atom. The molecule has 0 unspecified atom stereocenters. The second-order valence-electron chi connectivity index (χ2n) is 5.99.